The van der Waals surface area contributed by atoms with Crippen LogP contribution in [0.5, 0.6) is 0 Å². The normalized spacial score (nSPS) is 13.1. The van der Waals surface area contributed by atoms with E-state index in [0.29, 0.717) is 12.0 Å². The van der Waals surface area contributed by atoms with Crippen LogP contribution in [0.1, 0.15) is 32.8 Å². The van der Waals surface area contributed by atoms with Gasteiger partial charge in [0.1, 0.15) is 5.82 Å². The monoisotopic (exact) mass is 301 g/mol. The highest BCUT2D eigenvalue weighted by molar-refractivity contribution is 9.10. The van der Waals surface area contributed by atoms with E-state index in [0.717, 1.165) is 23.9 Å². The Morgan fingerprint density at radius 3 is 2.59 bits per heavy atom. The smallest absolute Gasteiger partial charge is 0.124 e. The van der Waals surface area contributed by atoms with E-state index in [2.05, 4.69) is 42.0 Å². The highest BCUT2D eigenvalue weighted by atomic mass is 79.9. The number of nitrogens with one attached hydrogen (secondary N) is 1. The highest BCUT2D eigenvalue weighted by Crippen LogP contribution is 2.22. The van der Waals surface area contributed by atoms with Gasteiger partial charge in [-0.2, -0.15) is 0 Å². The van der Waals surface area contributed by atoms with Crippen LogP contribution in [0.2, 0.25) is 0 Å². The average molecular weight is 302 g/mol. The summed E-state index contributed by atoms with van der Waals surface area (Å²) in [5.74, 6) is 0.410. The van der Waals surface area contributed by atoms with E-state index in [9.17, 15) is 4.39 Å². The molecule has 1 nitrogen and oxygen atoms in total. The fourth-order valence-corrected chi connectivity index (χ4v) is 2.27. The molecular weight excluding hydrogens is 281 g/mol. The van der Waals surface area contributed by atoms with E-state index >= 15 is 0 Å². The van der Waals surface area contributed by atoms with Crippen molar-refractivity contribution in [1.29, 1.82) is 0 Å². The summed E-state index contributed by atoms with van der Waals surface area (Å²) >= 11 is 3.42. The van der Waals surface area contributed by atoms with Crippen LogP contribution in [0.25, 0.3) is 0 Å². The topological polar surface area (TPSA) is 12.0 Å². The second kappa shape index (κ2) is 7.12. The molecule has 0 aliphatic rings. The van der Waals surface area contributed by atoms with Crippen molar-refractivity contribution in [2.75, 3.05) is 6.54 Å². The SMILES string of the molecule is CCC(CNC(C)C)Cc1ccc(F)cc1Br. The minimum atomic E-state index is -0.186. The minimum Gasteiger partial charge on any atom is -0.314 e. The summed E-state index contributed by atoms with van der Waals surface area (Å²) in [5, 5.41) is 3.46. The summed E-state index contributed by atoms with van der Waals surface area (Å²) in [7, 11) is 0. The van der Waals surface area contributed by atoms with Crippen molar-refractivity contribution in [3.63, 3.8) is 0 Å². The number of rotatable bonds is 6. The summed E-state index contributed by atoms with van der Waals surface area (Å²) < 4.78 is 13.9. The van der Waals surface area contributed by atoms with Crippen LogP contribution in [0.3, 0.4) is 0 Å². The third-order valence-corrected chi connectivity index (χ3v) is 3.65. The van der Waals surface area contributed by atoms with Crippen LogP contribution in [-0.4, -0.2) is 12.6 Å². The Labute approximate surface area is 112 Å². The molecule has 0 bridgehead atoms. The van der Waals surface area contributed by atoms with Gasteiger partial charge in [0.25, 0.3) is 0 Å². The Morgan fingerprint density at radius 2 is 2.06 bits per heavy atom. The first-order valence-corrected chi connectivity index (χ1v) is 6.99. The summed E-state index contributed by atoms with van der Waals surface area (Å²) in [5.41, 5.74) is 1.18. The maximum Gasteiger partial charge on any atom is 0.124 e. The first-order valence-electron chi connectivity index (χ1n) is 6.20. The van der Waals surface area contributed by atoms with Crippen molar-refractivity contribution in [1.82, 2.24) is 5.32 Å². The van der Waals surface area contributed by atoms with E-state index in [4.69, 9.17) is 0 Å². The van der Waals surface area contributed by atoms with E-state index in [1.165, 1.54) is 17.7 Å². The van der Waals surface area contributed by atoms with E-state index in [1.54, 1.807) is 0 Å². The van der Waals surface area contributed by atoms with Crippen LogP contribution < -0.4 is 5.32 Å². The molecule has 0 aliphatic carbocycles. The molecular formula is C14H21BrFN. The summed E-state index contributed by atoms with van der Waals surface area (Å²) in [6.07, 6.45) is 2.11. The van der Waals surface area contributed by atoms with E-state index in [-0.39, 0.29) is 5.82 Å². The molecule has 1 rings (SSSR count). The zero-order valence-corrected chi connectivity index (χ0v) is 12.3. The van der Waals surface area contributed by atoms with Crippen LogP contribution in [0.15, 0.2) is 22.7 Å². The number of halogens is 2. The predicted octanol–water partition coefficient (Wildman–Crippen LogP) is 4.15. The maximum absolute atomic E-state index is 13.0. The molecule has 1 atom stereocenters. The Morgan fingerprint density at radius 1 is 1.35 bits per heavy atom. The number of benzene rings is 1. The molecule has 1 aromatic carbocycles. The lowest BCUT2D eigenvalue weighted by Crippen LogP contribution is -2.29. The molecule has 0 aliphatic heterocycles. The first kappa shape index (κ1) is 14.7. The van der Waals surface area contributed by atoms with Crippen molar-refractivity contribution in [3.8, 4) is 0 Å². The molecule has 1 aromatic rings. The molecule has 0 fully saturated rings. The molecule has 96 valence electrons. The summed E-state index contributed by atoms with van der Waals surface area (Å²) in [6, 6.07) is 5.46. The highest BCUT2D eigenvalue weighted by Gasteiger charge is 2.10. The largest absolute Gasteiger partial charge is 0.314 e. The molecule has 3 heteroatoms. The van der Waals surface area contributed by atoms with Gasteiger partial charge in [0.05, 0.1) is 0 Å². The van der Waals surface area contributed by atoms with Crippen molar-refractivity contribution in [2.24, 2.45) is 5.92 Å². The first-order chi connectivity index (χ1) is 8.02. The molecule has 0 spiro atoms. The zero-order chi connectivity index (χ0) is 12.8. The lowest BCUT2D eigenvalue weighted by molar-refractivity contribution is 0.435. The third-order valence-electron chi connectivity index (χ3n) is 2.92. The Balaban J connectivity index is 2.60. The lowest BCUT2D eigenvalue weighted by atomic mass is 9.96. The van der Waals surface area contributed by atoms with Gasteiger partial charge in [-0.3, -0.25) is 0 Å². The standard InChI is InChI=1S/C14H21BrFN/c1-4-11(9-17-10(2)3)7-12-5-6-13(16)8-14(12)15/h5-6,8,10-11,17H,4,7,9H2,1-3H3. The molecule has 0 saturated carbocycles. The van der Waals surface area contributed by atoms with Crippen LogP contribution in [-0.2, 0) is 6.42 Å². The molecule has 0 amide bonds. The van der Waals surface area contributed by atoms with Gasteiger partial charge in [-0.1, -0.05) is 49.2 Å². The molecule has 1 unspecified atom stereocenters. The second-order valence-electron chi connectivity index (χ2n) is 4.78. The van der Waals surface area contributed by atoms with Gasteiger partial charge in [0.15, 0.2) is 0 Å². The zero-order valence-electron chi connectivity index (χ0n) is 10.8. The molecule has 1 N–H and O–H groups in total. The van der Waals surface area contributed by atoms with Gasteiger partial charge in [0.2, 0.25) is 0 Å². The van der Waals surface area contributed by atoms with Gasteiger partial charge in [-0.25, -0.2) is 4.39 Å². The van der Waals surface area contributed by atoms with Crippen molar-refractivity contribution >= 4 is 15.9 Å². The van der Waals surface area contributed by atoms with Crippen molar-refractivity contribution in [2.45, 2.75) is 39.7 Å². The molecule has 0 aromatic heterocycles. The quantitative estimate of drug-likeness (QED) is 0.832. The van der Waals surface area contributed by atoms with Gasteiger partial charge < -0.3 is 5.32 Å². The van der Waals surface area contributed by atoms with Gasteiger partial charge in [-0.15, -0.1) is 0 Å². The lowest BCUT2D eigenvalue weighted by Gasteiger charge is -2.18. The minimum absolute atomic E-state index is 0.186. The van der Waals surface area contributed by atoms with Crippen molar-refractivity contribution < 1.29 is 4.39 Å². The van der Waals surface area contributed by atoms with E-state index in [1.807, 2.05) is 6.07 Å². The third kappa shape index (κ3) is 5.17. The molecule has 17 heavy (non-hydrogen) atoms. The average Bonchev–Trinajstić information content (AvgIpc) is 2.26. The van der Waals surface area contributed by atoms with Crippen LogP contribution in [0.4, 0.5) is 4.39 Å². The maximum atomic E-state index is 13.0. The molecule has 0 radical (unpaired) electrons. The van der Waals surface area contributed by atoms with Gasteiger partial charge in [-0.05, 0) is 36.6 Å². The van der Waals surface area contributed by atoms with Crippen LogP contribution in [0, 0.1) is 11.7 Å². The Kier molecular flexibility index (Phi) is 6.14. The second-order valence-corrected chi connectivity index (χ2v) is 5.63. The van der Waals surface area contributed by atoms with E-state index < -0.39 is 0 Å². The number of hydrogen-bond donors (Lipinski definition) is 1. The Hall–Kier alpha value is -0.410. The number of hydrogen-bond acceptors (Lipinski definition) is 1. The Bertz CT molecular complexity index is 352. The van der Waals surface area contributed by atoms with Crippen LogP contribution >= 0.6 is 15.9 Å². The van der Waals surface area contributed by atoms with Gasteiger partial charge in [0, 0.05) is 10.5 Å². The summed E-state index contributed by atoms with van der Waals surface area (Å²) in [6.45, 7) is 7.52. The molecule has 0 saturated heterocycles. The molecule has 0 heterocycles. The van der Waals surface area contributed by atoms with Crippen molar-refractivity contribution in [3.05, 3.63) is 34.1 Å². The van der Waals surface area contributed by atoms with Gasteiger partial charge >= 0.3 is 0 Å². The predicted molar refractivity (Wildman–Crippen MR) is 74.7 cm³/mol. The summed E-state index contributed by atoms with van der Waals surface area (Å²) in [4.78, 5) is 0. The fourth-order valence-electron chi connectivity index (χ4n) is 1.76. The fraction of sp³-hybridized carbons (Fsp3) is 0.571.